The molecule has 1 saturated heterocycles. The van der Waals surface area contributed by atoms with Gasteiger partial charge in [-0.1, -0.05) is 23.9 Å². The second-order valence-corrected chi connectivity index (χ2v) is 7.10. The van der Waals surface area contributed by atoms with Crippen molar-refractivity contribution in [2.75, 3.05) is 13.2 Å². The van der Waals surface area contributed by atoms with Crippen LogP contribution in [0.2, 0.25) is 0 Å². The molecule has 1 aromatic heterocycles. The van der Waals surface area contributed by atoms with Crippen LogP contribution in [0.1, 0.15) is 34.3 Å². The molecule has 4 nitrogen and oxygen atoms in total. The zero-order chi connectivity index (χ0) is 16.9. The van der Waals surface area contributed by atoms with Crippen LogP contribution in [0, 0.1) is 13.8 Å². The summed E-state index contributed by atoms with van der Waals surface area (Å²) in [5.74, 6) is -0.0913. The highest BCUT2D eigenvalue weighted by Crippen LogP contribution is 2.31. The van der Waals surface area contributed by atoms with E-state index in [4.69, 9.17) is 4.74 Å². The Bertz CT molecular complexity index is 727. The Hall–Kier alpha value is -1.85. The highest BCUT2D eigenvalue weighted by atomic mass is 32.2. The van der Waals surface area contributed by atoms with E-state index in [1.165, 1.54) is 22.9 Å². The Kier molecular flexibility index (Phi) is 5.53. The first kappa shape index (κ1) is 17.0. The van der Waals surface area contributed by atoms with Crippen molar-refractivity contribution in [3.05, 3.63) is 53.2 Å². The molecular weight excluding hydrogens is 320 g/mol. The Morgan fingerprint density at radius 2 is 2.25 bits per heavy atom. The van der Waals surface area contributed by atoms with Crippen molar-refractivity contribution in [3.63, 3.8) is 0 Å². The third-order valence-corrected chi connectivity index (χ3v) is 5.26. The van der Waals surface area contributed by atoms with Crippen molar-refractivity contribution in [2.24, 2.45) is 0 Å². The lowest BCUT2D eigenvalue weighted by Crippen LogP contribution is -2.32. The minimum absolute atomic E-state index is 0.0913. The Morgan fingerprint density at radius 3 is 3.04 bits per heavy atom. The van der Waals surface area contributed by atoms with Crippen molar-refractivity contribution < 1.29 is 9.53 Å². The molecule has 0 spiro atoms. The van der Waals surface area contributed by atoms with E-state index in [0.29, 0.717) is 12.1 Å². The Morgan fingerprint density at radius 1 is 1.38 bits per heavy atom. The molecule has 1 aliphatic heterocycles. The van der Waals surface area contributed by atoms with Gasteiger partial charge in [0.25, 0.3) is 5.91 Å². The fourth-order valence-electron chi connectivity index (χ4n) is 2.67. The van der Waals surface area contributed by atoms with Crippen LogP contribution in [0.25, 0.3) is 0 Å². The molecule has 1 aromatic carbocycles. The first-order chi connectivity index (χ1) is 11.6. The number of carbonyl (C=O) groups is 1. The standard InChI is InChI=1S/C19H22N2O2S/c1-13-7-8-14(2)17(11-13)24-19-16(6-3-9-20-19)18(22)21-12-15-5-4-10-23-15/h3,6-9,11,15H,4-5,10,12H2,1-2H3,(H,21,22)/t15-/m1/s1. The maximum atomic E-state index is 12.5. The number of hydrogen-bond acceptors (Lipinski definition) is 4. The van der Waals surface area contributed by atoms with Crippen LogP contribution in [-0.4, -0.2) is 30.1 Å². The molecule has 0 unspecified atom stereocenters. The molecule has 24 heavy (non-hydrogen) atoms. The summed E-state index contributed by atoms with van der Waals surface area (Å²) in [5.41, 5.74) is 2.99. The molecule has 1 atom stereocenters. The quantitative estimate of drug-likeness (QED) is 0.899. The lowest BCUT2D eigenvalue weighted by molar-refractivity contribution is 0.0855. The fourth-order valence-corrected chi connectivity index (χ4v) is 3.74. The largest absolute Gasteiger partial charge is 0.376 e. The molecule has 2 aromatic rings. The number of amides is 1. The number of pyridine rings is 1. The number of nitrogens with one attached hydrogen (secondary N) is 1. The smallest absolute Gasteiger partial charge is 0.254 e. The number of hydrogen-bond donors (Lipinski definition) is 1. The van der Waals surface area contributed by atoms with E-state index in [0.717, 1.165) is 29.4 Å². The zero-order valence-electron chi connectivity index (χ0n) is 14.0. The molecule has 1 amide bonds. The van der Waals surface area contributed by atoms with Gasteiger partial charge in [-0.15, -0.1) is 0 Å². The van der Waals surface area contributed by atoms with Gasteiger partial charge in [-0.05, 0) is 56.0 Å². The van der Waals surface area contributed by atoms with E-state index < -0.39 is 0 Å². The lowest BCUT2D eigenvalue weighted by atomic mass is 10.2. The summed E-state index contributed by atoms with van der Waals surface area (Å²) in [6, 6.07) is 9.94. The molecule has 0 aliphatic carbocycles. The van der Waals surface area contributed by atoms with Gasteiger partial charge in [0, 0.05) is 24.2 Å². The molecule has 0 bridgehead atoms. The van der Waals surface area contributed by atoms with E-state index in [9.17, 15) is 4.79 Å². The van der Waals surface area contributed by atoms with Gasteiger partial charge >= 0.3 is 0 Å². The van der Waals surface area contributed by atoms with Crippen LogP contribution >= 0.6 is 11.8 Å². The molecule has 1 fully saturated rings. The number of aromatic nitrogens is 1. The molecule has 1 aliphatic rings. The van der Waals surface area contributed by atoms with Gasteiger partial charge in [0.15, 0.2) is 0 Å². The third kappa shape index (κ3) is 4.16. The number of carbonyl (C=O) groups excluding carboxylic acids is 1. The topological polar surface area (TPSA) is 51.2 Å². The maximum Gasteiger partial charge on any atom is 0.254 e. The third-order valence-electron chi connectivity index (χ3n) is 4.08. The number of nitrogens with zero attached hydrogens (tertiary/aromatic N) is 1. The fraction of sp³-hybridized carbons (Fsp3) is 0.368. The Labute approximate surface area is 147 Å². The summed E-state index contributed by atoms with van der Waals surface area (Å²) in [7, 11) is 0. The molecular formula is C19H22N2O2S. The van der Waals surface area contributed by atoms with Gasteiger partial charge in [-0.25, -0.2) is 4.98 Å². The van der Waals surface area contributed by atoms with Crippen LogP contribution in [0.15, 0.2) is 46.5 Å². The van der Waals surface area contributed by atoms with Crippen LogP contribution < -0.4 is 5.32 Å². The SMILES string of the molecule is Cc1ccc(C)c(Sc2ncccc2C(=O)NC[C@H]2CCCO2)c1. The second-order valence-electron chi connectivity index (χ2n) is 6.07. The van der Waals surface area contributed by atoms with E-state index in [-0.39, 0.29) is 12.0 Å². The molecule has 1 N–H and O–H groups in total. The summed E-state index contributed by atoms with van der Waals surface area (Å²) >= 11 is 1.54. The molecule has 0 saturated carbocycles. The molecule has 2 heterocycles. The summed E-state index contributed by atoms with van der Waals surface area (Å²) < 4.78 is 5.56. The number of rotatable bonds is 5. The van der Waals surface area contributed by atoms with E-state index in [1.54, 1.807) is 12.3 Å². The highest BCUT2D eigenvalue weighted by Gasteiger charge is 2.19. The van der Waals surface area contributed by atoms with Gasteiger partial charge in [-0.2, -0.15) is 0 Å². The van der Waals surface area contributed by atoms with E-state index in [2.05, 4.69) is 42.3 Å². The summed E-state index contributed by atoms with van der Waals surface area (Å²) in [4.78, 5) is 18.1. The number of aryl methyl sites for hydroxylation is 2. The summed E-state index contributed by atoms with van der Waals surface area (Å²) in [6.07, 6.45) is 3.95. The van der Waals surface area contributed by atoms with Gasteiger partial charge < -0.3 is 10.1 Å². The van der Waals surface area contributed by atoms with Gasteiger partial charge in [0.1, 0.15) is 5.03 Å². The average Bonchev–Trinajstić information content (AvgIpc) is 3.10. The van der Waals surface area contributed by atoms with Gasteiger partial charge in [0.2, 0.25) is 0 Å². The average molecular weight is 342 g/mol. The maximum absolute atomic E-state index is 12.5. The molecule has 5 heteroatoms. The van der Waals surface area contributed by atoms with E-state index >= 15 is 0 Å². The van der Waals surface area contributed by atoms with Crippen molar-refractivity contribution in [3.8, 4) is 0 Å². The summed E-state index contributed by atoms with van der Waals surface area (Å²) in [5, 5.41) is 3.71. The monoisotopic (exact) mass is 342 g/mol. The minimum atomic E-state index is -0.0913. The van der Waals surface area contributed by atoms with Crippen molar-refractivity contribution in [2.45, 2.75) is 42.7 Å². The van der Waals surface area contributed by atoms with Crippen molar-refractivity contribution in [1.82, 2.24) is 10.3 Å². The normalized spacial score (nSPS) is 17.0. The van der Waals surface area contributed by atoms with Gasteiger partial charge in [-0.3, -0.25) is 4.79 Å². The van der Waals surface area contributed by atoms with Crippen LogP contribution in [0.4, 0.5) is 0 Å². The molecule has 126 valence electrons. The number of ether oxygens (including phenoxy) is 1. The van der Waals surface area contributed by atoms with Crippen LogP contribution in [-0.2, 0) is 4.74 Å². The summed E-state index contributed by atoms with van der Waals surface area (Å²) in [6.45, 7) is 5.49. The lowest BCUT2D eigenvalue weighted by Gasteiger charge is -2.13. The first-order valence-electron chi connectivity index (χ1n) is 8.23. The van der Waals surface area contributed by atoms with Crippen LogP contribution in [0.3, 0.4) is 0 Å². The highest BCUT2D eigenvalue weighted by molar-refractivity contribution is 7.99. The minimum Gasteiger partial charge on any atom is -0.376 e. The predicted molar refractivity (Wildman–Crippen MR) is 95.6 cm³/mol. The van der Waals surface area contributed by atoms with Crippen molar-refractivity contribution >= 4 is 17.7 Å². The van der Waals surface area contributed by atoms with Gasteiger partial charge in [0.05, 0.1) is 11.7 Å². The van der Waals surface area contributed by atoms with Crippen molar-refractivity contribution in [1.29, 1.82) is 0 Å². The van der Waals surface area contributed by atoms with Crippen LogP contribution in [0.5, 0.6) is 0 Å². The Balaban J connectivity index is 1.74. The molecule has 0 radical (unpaired) electrons. The predicted octanol–water partition coefficient (Wildman–Crippen LogP) is 3.76. The zero-order valence-corrected chi connectivity index (χ0v) is 14.9. The van der Waals surface area contributed by atoms with E-state index in [1.807, 2.05) is 6.07 Å². The second kappa shape index (κ2) is 7.81. The number of benzene rings is 1. The molecule has 3 rings (SSSR count). The first-order valence-corrected chi connectivity index (χ1v) is 9.05.